The highest BCUT2D eigenvalue weighted by molar-refractivity contribution is 6.29. The van der Waals surface area contributed by atoms with Crippen molar-refractivity contribution in [2.45, 2.75) is 13.8 Å². The fourth-order valence-electron chi connectivity index (χ4n) is 1.73. The number of carbonyl (C=O) groups excluding carboxylic acids is 1. The van der Waals surface area contributed by atoms with Crippen LogP contribution in [0.1, 0.15) is 21.5 Å². The minimum atomic E-state index is -0.192. The van der Waals surface area contributed by atoms with Crippen LogP contribution in [0.5, 0.6) is 0 Å². The molecule has 0 atom stereocenters. The zero-order chi connectivity index (χ0) is 13.1. The Morgan fingerprint density at radius 2 is 1.83 bits per heavy atom. The Morgan fingerprint density at radius 1 is 1.17 bits per heavy atom. The van der Waals surface area contributed by atoms with Crippen molar-refractivity contribution in [2.24, 2.45) is 0 Å². The Balaban J connectivity index is 2.25. The number of amides is 1. The molecule has 0 bridgehead atoms. The van der Waals surface area contributed by atoms with E-state index in [9.17, 15) is 4.79 Å². The van der Waals surface area contributed by atoms with Crippen LogP contribution < -0.4 is 5.32 Å². The van der Waals surface area contributed by atoms with Crippen LogP contribution in [0.15, 0.2) is 30.6 Å². The van der Waals surface area contributed by atoms with Gasteiger partial charge in [0, 0.05) is 5.56 Å². The summed E-state index contributed by atoms with van der Waals surface area (Å²) in [5, 5.41) is 2.99. The lowest BCUT2D eigenvalue weighted by atomic mass is 10.0. The highest BCUT2D eigenvalue weighted by atomic mass is 35.5. The van der Waals surface area contributed by atoms with Crippen LogP contribution in [0.4, 0.5) is 5.82 Å². The number of nitrogens with one attached hydrogen (secondary N) is 1. The Kier molecular flexibility index (Phi) is 3.58. The molecule has 0 radical (unpaired) electrons. The van der Waals surface area contributed by atoms with Crippen molar-refractivity contribution in [3.8, 4) is 0 Å². The number of hydrogen-bond acceptors (Lipinski definition) is 3. The van der Waals surface area contributed by atoms with Crippen LogP contribution in [0, 0.1) is 13.8 Å². The second-order valence-electron chi connectivity index (χ2n) is 3.95. The van der Waals surface area contributed by atoms with Crippen molar-refractivity contribution < 1.29 is 4.79 Å². The molecule has 0 aliphatic heterocycles. The summed E-state index contributed by atoms with van der Waals surface area (Å²) in [6.45, 7) is 3.80. The molecule has 4 nitrogen and oxygen atoms in total. The fourth-order valence-corrected chi connectivity index (χ4v) is 1.83. The summed E-state index contributed by atoms with van der Waals surface area (Å²) in [5.41, 5.74) is 2.51. The van der Waals surface area contributed by atoms with Gasteiger partial charge in [-0.05, 0) is 25.0 Å². The van der Waals surface area contributed by atoms with Crippen molar-refractivity contribution in [3.05, 3.63) is 52.4 Å². The minimum Gasteiger partial charge on any atom is -0.305 e. The molecule has 2 aromatic rings. The molecule has 2 rings (SSSR count). The number of carbonyl (C=O) groups is 1. The van der Waals surface area contributed by atoms with Crippen LogP contribution in [0.25, 0.3) is 0 Å². The number of rotatable bonds is 2. The van der Waals surface area contributed by atoms with Crippen molar-refractivity contribution in [1.82, 2.24) is 9.97 Å². The predicted octanol–water partition coefficient (Wildman–Crippen LogP) is 3.00. The summed E-state index contributed by atoms with van der Waals surface area (Å²) in [4.78, 5) is 20.0. The van der Waals surface area contributed by atoms with Crippen LogP contribution in [-0.4, -0.2) is 15.9 Å². The van der Waals surface area contributed by atoms with E-state index in [0.717, 1.165) is 11.1 Å². The highest BCUT2D eigenvalue weighted by Crippen LogP contribution is 2.15. The molecule has 5 heteroatoms. The molecule has 0 aliphatic rings. The molecule has 18 heavy (non-hydrogen) atoms. The zero-order valence-corrected chi connectivity index (χ0v) is 10.8. The summed E-state index contributed by atoms with van der Waals surface area (Å²) < 4.78 is 0. The number of hydrogen-bond donors (Lipinski definition) is 1. The minimum absolute atomic E-state index is 0.192. The lowest BCUT2D eigenvalue weighted by Crippen LogP contribution is -2.15. The monoisotopic (exact) mass is 261 g/mol. The summed E-state index contributed by atoms with van der Waals surface area (Å²) in [7, 11) is 0. The Bertz CT molecular complexity index is 561. The number of nitrogens with zero attached hydrogens (tertiary/aromatic N) is 2. The lowest BCUT2D eigenvalue weighted by Gasteiger charge is -2.09. The molecule has 0 fully saturated rings. The van der Waals surface area contributed by atoms with Crippen LogP contribution in [-0.2, 0) is 0 Å². The van der Waals surface area contributed by atoms with Crippen molar-refractivity contribution >= 4 is 23.3 Å². The van der Waals surface area contributed by atoms with Gasteiger partial charge >= 0.3 is 0 Å². The molecule has 1 N–H and O–H groups in total. The summed E-state index contributed by atoms with van der Waals surface area (Å²) in [6, 6.07) is 5.72. The molecule has 0 unspecified atom stereocenters. The topological polar surface area (TPSA) is 54.9 Å². The molecule has 1 amide bonds. The smallest absolute Gasteiger partial charge is 0.257 e. The van der Waals surface area contributed by atoms with Gasteiger partial charge in [-0.3, -0.25) is 4.79 Å². The molecule has 0 saturated heterocycles. The van der Waals surface area contributed by atoms with Gasteiger partial charge in [0.1, 0.15) is 5.15 Å². The van der Waals surface area contributed by atoms with E-state index in [2.05, 4.69) is 15.3 Å². The van der Waals surface area contributed by atoms with E-state index in [1.54, 1.807) is 0 Å². The molecule has 1 heterocycles. The first-order valence-electron chi connectivity index (χ1n) is 5.43. The van der Waals surface area contributed by atoms with Gasteiger partial charge in [0.05, 0.1) is 12.4 Å². The van der Waals surface area contributed by atoms with E-state index in [1.165, 1.54) is 12.4 Å². The van der Waals surface area contributed by atoms with Gasteiger partial charge in [0.15, 0.2) is 5.82 Å². The van der Waals surface area contributed by atoms with Gasteiger partial charge in [-0.2, -0.15) is 0 Å². The second kappa shape index (κ2) is 5.14. The Morgan fingerprint density at radius 3 is 2.39 bits per heavy atom. The average Bonchev–Trinajstić information content (AvgIpc) is 2.32. The molecular formula is C13H12ClN3O. The molecule has 92 valence electrons. The number of halogens is 1. The summed E-state index contributed by atoms with van der Waals surface area (Å²) in [5.74, 6) is 0.189. The lowest BCUT2D eigenvalue weighted by molar-refractivity contribution is 0.102. The van der Waals surface area contributed by atoms with Crippen molar-refractivity contribution in [1.29, 1.82) is 0 Å². The van der Waals surface area contributed by atoms with E-state index in [4.69, 9.17) is 11.6 Å². The van der Waals surface area contributed by atoms with E-state index in [1.807, 2.05) is 32.0 Å². The molecule has 1 aromatic carbocycles. The quantitative estimate of drug-likeness (QED) is 0.904. The van der Waals surface area contributed by atoms with E-state index in [0.29, 0.717) is 16.5 Å². The predicted molar refractivity (Wildman–Crippen MR) is 70.9 cm³/mol. The van der Waals surface area contributed by atoms with E-state index < -0.39 is 0 Å². The van der Waals surface area contributed by atoms with Gasteiger partial charge in [-0.15, -0.1) is 0 Å². The number of aromatic nitrogens is 2. The summed E-state index contributed by atoms with van der Waals surface area (Å²) in [6.07, 6.45) is 2.82. The maximum absolute atomic E-state index is 12.1. The molecule has 0 aliphatic carbocycles. The van der Waals surface area contributed by atoms with E-state index >= 15 is 0 Å². The Hall–Kier alpha value is -1.94. The van der Waals surface area contributed by atoms with Gasteiger partial charge in [0.2, 0.25) is 0 Å². The first-order chi connectivity index (χ1) is 8.58. The zero-order valence-electron chi connectivity index (χ0n) is 10.1. The SMILES string of the molecule is Cc1cccc(C)c1C(=O)Nc1cnc(Cl)cn1. The largest absolute Gasteiger partial charge is 0.305 e. The number of anilines is 1. The second-order valence-corrected chi connectivity index (χ2v) is 4.33. The average molecular weight is 262 g/mol. The third-order valence-corrected chi connectivity index (χ3v) is 2.77. The Labute approximate surface area is 110 Å². The molecule has 0 spiro atoms. The molecule has 1 aromatic heterocycles. The van der Waals surface area contributed by atoms with Gasteiger partial charge in [0.25, 0.3) is 5.91 Å². The van der Waals surface area contributed by atoms with Crippen LogP contribution in [0.2, 0.25) is 5.15 Å². The maximum atomic E-state index is 12.1. The van der Waals surface area contributed by atoms with E-state index in [-0.39, 0.29) is 5.91 Å². The first-order valence-corrected chi connectivity index (χ1v) is 5.81. The third-order valence-electron chi connectivity index (χ3n) is 2.57. The van der Waals surface area contributed by atoms with Gasteiger partial charge < -0.3 is 5.32 Å². The third kappa shape index (κ3) is 2.65. The van der Waals surface area contributed by atoms with Crippen molar-refractivity contribution in [2.75, 3.05) is 5.32 Å². The summed E-state index contributed by atoms with van der Waals surface area (Å²) >= 11 is 5.63. The first kappa shape index (κ1) is 12.5. The van der Waals surface area contributed by atoms with Crippen molar-refractivity contribution in [3.63, 3.8) is 0 Å². The highest BCUT2D eigenvalue weighted by Gasteiger charge is 2.12. The van der Waals surface area contributed by atoms with Gasteiger partial charge in [-0.25, -0.2) is 9.97 Å². The number of benzene rings is 1. The molecule has 0 saturated carbocycles. The normalized spacial score (nSPS) is 10.2. The maximum Gasteiger partial charge on any atom is 0.257 e. The fraction of sp³-hybridized carbons (Fsp3) is 0.154. The molecular weight excluding hydrogens is 250 g/mol. The standard InChI is InChI=1S/C13H12ClN3O/c1-8-4-3-5-9(2)12(8)13(18)17-11-7-15-10(14)6-16-11/h3-7H,1-2H3,(H,16,17,18). The van der Waals surface area contributed by atoms with Crippen LogP contribution >= 0.6 is 11.6 Å². The van der Waals surface area contributed by atoms with Gasteiger partial charge in [-0.1, -0.05) is 29.8 Å². The van der Waals surface area contributed by atoms with Crippen LogP contribution in [0.3, 0.4) is 0 Å². The number of aryl methyl sites for hydroxylation is 2.